The van der Waals surface area contributed by atoms with Gasteiger partial charge in [0.15, 0.2) is 11.6 Å². The van der Waals surface area contributed by atoms with Gasteiger partial charge in [-0.2, -0.15) is 0 Å². The highest BCUT2D eigenvalue weighted by Gasteiger charge is 2.06. The average Bonchev–Trinajstić information content (AvgIpc) is 2.46. The molecule has 100 valence electrons. The van der Waals surface area contributed by atoms with Crippen LogP contribution in [0.1, 0.15) is 5.56 Å². The van der Waals surface area contributed by atoms with Gasteiger partial charge in [-0.15, -0.1) is 0 Å². The first-order chi connectivity index (χ1) is 9.74. The molecule has 0 radical (unpaired) electrons. The lowest BCUT2D eigenvalue weighted by Gasteiger charge is -2.10. The molecule has 3 N–H and O–H groups in total. The molecule has 0 atom stereocenters. The number of nitrogen functional groups attached to an aromatic ring is 1. The van der Waals surface area contributed by atoms with E-state index < -0.39 is 0 Å². The number of hydrogen-bond acceptors (Lipinski definition) is 4. The number of fused-ring (bicyclic) bond motifs is 1. The number of anilines is 2. The second-order valence-electron chi connectivity index (χ2n) is 4.39. The fourth-order valence-electron chi connectivity index (χ4n) is 1.96. The second-order valence-corrected chi connectivity index (χ2v) is 5.25. The maximum Gasteiger partial charge on any atom is 0.169 e. The van der Waals surface area contributed by atoms with Gasteiger partial charge >= 0.3 is 0 Å². The van der Waals surface area contributed by atoms with Crippen molar-refractivity contribution in [3.8, 4) is 0 Å². The lowest BCUT2D eigenvalue weighted by Crippen LogP contribution is -2.06. The Kier molecular flexibility index (Phi) is 3.52. The van der Waals surface area contributed by atoms with Crippen LogP contribution in [-0.4, -0.2) is 9.97 Å². The number of nitrogens with two attached hydrogens (primary N) is 1. The molecule has 0 aliphatic heterocycles. The zero-order chi connectivity index (χ0) is 13.9. The minimum absolute atomic E-state index is 0.413. The molecule has 0 unspecified atom stereocenters. The lowest BCUT2D eigenvalue weighted by molar-refractivity contribution is 1.10. The van der Waals surface area contributed by atoms with Crippen LogP contribution in [0.3, 0.4) is 0 Å². The van der Waals surface area contributed by atoms with E-state index >= 15 is 0 Å². The molecule has 5 heteroatoms. The zero-order valence-electron chi connectivity index (χ0n) is 10.7. The van der Waals surface area contributed by atoms with E-state index in [1.54, 1.807) is 0 Å². The molecule has 1 aromatic heterocycles. The maximum absolute atomic E-state index is 5.94. The summed E-state index contributed by atoms with van der Waals surface area (Å²) in [5.41, 5.74) is 8.71. The van der Waals surface area contributed by atoms with E-state index in [9.17, 15) is 0 Å². The normalized spacial score (nSPS) is 10.7. The van der Waals surface area contributed by atoms with Crippen LogP contribution >= 0.6 is 15.9 Å². The first-order valence-corrected chi connectivity index (χ1v) is 7.03. The standard InChI is InChI=1S/C15H13BrN4/c16-11-6-2-1-5-10(11)9-18-15-14(17)19-12-7-3-4-8-13(12)20-15/h1-8H,9H2,(H2,17,19)(H,18,20). The number of para-hydroxylation sites is 2. The van der Waals surface area contributed by atoms with Crippen molar-refractivity contribution in [1.29, 1.82) is 0 Å². The first-order valence-electron chi connectivity index (χ1n) is 6.23. The van der Waals surface area contributed by atoms with Gasteiger partial charge in [-0.3, -0.25) is 0 Å². The smallest absolute Gasteiger partial charge is 0.169 e. The molecule has 0 amide bonds. The van der Waals surface area contributed by atoms with Crippen LogP contribution in [0.2, 0.25) is 0 Å². The van der Waals surface area contributed by atoms with E-state index in [0.717, 1.165) is 21.1 Å². The van der Waals surface area contributed by atoms with E-state index in [1.165, 1.54) is 0 Å². The largest absolute Gasteiger partial charge is 0.381 e. The quantitative estimate of drug-likeness (QED) is 0.771. The molecule has 2 aromatic carbocycles. The van der Waals surface area contributed by atoms with Gasteiger partial charge in [0.25, 0.3) is 0 Å². The molecule has 0 aliphatic carbocycles. The maximum atomic E-state index is 5.94. The van der Waals surface area contributed by atoms with Crippen LogP contribution in [0.4, 0.5) is 11.6 Å². The van der Waals surface area contributed by atoms with Crippen LogP contribution in [0.15, 0.2) is 53.0 Å². The number of benzene rings is 2. The predicted octanol–water partition coefficient (Wildman–Crippen LogP) is 3.59. The van der Waals surface area contributed by atoms with Crippen molar-refractivity contribution in [3.63, 3.8) is 0 Å². The highest BCUT2D eigenvalue weighted by atomic mass is 79.9. The van der Waals surface area contributed by atoms with Gasteiger partial charge < -0.3 is 11.1 Å². The molecule has 0 fully saturated rings. The molecule has 3 rings (SSSR count). The van der Waals surface area contributed by atoms with Gasteiger partial charge in [0, 0.05) is 11.0 Å². The fourth-order valence-corrected chi connectivity index (χ4v) is 2.39. The predicted molar refractivity (Wildman–Crippen MR) is 85.4 cm³/mol. The van der Waals surface area contributed by atoms with Crippen LogP contribution in [-0.2, 0) is 6.54 Å². The summed E-state index contributed by atoms with van der Waals surface area (Å²) in [5.74, 6) is 1.02. The highest BCUT2D eigenvalue weighted by Crippen LogP contribution is 2.21. The Hall–Kier alpha value is -2.14. The third kappa shape index (κ3) is 2.58. The summed E-state index contributed by atoms with van der Waals surface area (Å²) < 4.78 is 1.06. The zero-order valence-corrected chi connectivity index (χ0v) is 12.3. The van der Waals surface area contributed by atoms with Crippen molar-refractivity contribution in [2.75, 3.05) is 11.1 Å². The summed E-state index contributed by atoms with van der Waals surface area (Å²) in [6.07, 6.45) is 0. The molecular formula is C15H13BrN4. The summed E-state index contributed by atoms with van der Waals surface area (Å²) in [6.45, 7) is 0.638. The van der Waals surface area contributed by atoms with Gasteiger partial charge in [0.05, 0.1) is 11.0 Å². The van der Waals surface area contributed by atoms with Crippen LogP contribution in [0.5, 0.6) is 0 Å². The Morgan fingerprint density at radius 3 is 2.35 bits per heavy atom. The van der Waals surface area contributed by atoms with Crippen LogP contribution in [0.25, 0.3) is 11.0 Å². The summed E-state index contributed by atoms with van der Waals surface area (Å²) in [4.78, 5) is 8.86. The SMILES string of the molecule is Nc1nc2ccccc2nc1NCc1ccccc1Br. The highest BCUT2D eigenvalue weighted by molar-refractivity contribution is 9.10. The van der Waals surface area contributed by atoms with Gasteiger partial charge in [-0.25, -0.2) is 9.97 Å². The third-order valence-corrected chi connectivity index (χ3v) is 3.78. The monoisotopic (exact) mass is 328 g/mol. The number of nitrogens with zero attached hydrogens (tertiary/aromatic N) is 2. The Labute approximate surface area is 125 Å². The minimum Gasteiger partial charge on any atom is -0.381 e. The van der Waals surface area contributed by atoms with E-state index in [-0.39, 0.29) is 0 Å². The summed E-state index contributed by atoms with van der Waals surface area (Å²) >= 11 is 3.52. The molecule has 4 nitrogen and oxygen atoms in total. The van der Waals surface area contributed by atoms with E-state index in [4.69, 9.17) is 5.73 Å². The average molecular weight is 329 g/mol. The molecule has 0 saturated heterocycles. The number of aromatic nitrogens is 2. The van der Waals surface area contributed by atoms with Crippen LogP contribution in [0, 0.1) is 0 Å². The van der Waals surface area contributed by atoms with Gasteiger partial charge in [-0.1, -0.05) is 46.3 Å². The first kappa shape index (κ1) is 12.9. The van der Waals surface area contributed by atoms with Crippen molar-refractivity contribution in [3.05, 3.63) is 58.6 Å². The Balaban J connectivity index is 1.87. The van der Waals surface area contributed by atoms with Crippen molar-refractivity contribution < 1.29 is 0 Å². The topological polar surface area (TPSA) is 63.8 Å². The molecule has 20 heavy (non-hydrogen) atoms. The molecule has 3 aromatic rings. The van der Waals surface area contributed by atoms with Gasteiger partial charge in [0.2, 0.25) is 0 Å². The Bertz CT molecular complexity index is 758. The van der Waals surface area contributed by atoms with E-state index in [2.05, 4.69) is 31.2 Å². The number of hydrogen-bond donors (Lipinski definition) is 2. The van der Waals surface area contributed by atoms with Crippen molar-refractivity contribution in [2.45, 2.75) is 6.54 Å². The second kappa shape index (κ2) is 5.46. The molecule has 0 spiro atoms. The molecular weight excluding hydrogens is 316 g/mol. The van der Waals surface area contributed by atoms with E-state index in [0.29, 0.717) is 18.2 Å². The molecule has 1 heterocycles. The minimum atomic E-state index is 0.413. The fraction of sp³-hybridized carbons (Fsp3) is 0.0667. The molecule has 0 saturated carbocycles. The van der Waals surface area contributed by atoms with Crippen LogP contribution < -0.4 is 11.1 Å². The molecule has 0 aliphatic rings. The Morgan fingerprint density at radius 1 is 0.950 bits per heavy atom. The van der Waals surface area contributed by atoms with E-state index in [1.807, 2.05) is 48.5 Å². The number of halogens is 1. The summed E-state index contributed by atoms with van der Waals surface area (Å²) in [7, 11) is 0. The third-order valence-electron chi connectivity index (χ3n) is 3.00. The number of nitrogens with one attached hydrogen (secondary N) is 1. The molecule has 0 bridgehead atoms. The lowest BCUT2D eigenvalue weighted by atomic mass is 10.2. The van der Waals surface area contributed by atoms with Crippen molar-refractivity contribution in [1.82, 2.24) is 9.97 Å². The summed E-state index contributed by atoms with van der Waals surface area (Å²) in [5, 5.41) is 3.23. The Morgan fingerprint density at radius 2 is 1.60 bits per heavy atom. The van der Waals surface area contributed by atoms with Crippen molar-refractivity contribution in [2.24, 2.45) is 0 Å². The summed E-state index contributed by atoms with van der Waals surface area (Å²) in [6, 6.07) is 15.7. The van der Waals surface area contributed by atoms with Gasteiger partial charge in [-0.05, 0) is 23.8 Å². The van der Waals surface area contributed by atoms with Gasteiger partial charge in [0.1, 0.15) is 0 Å². The van der Waals surface area contributed by atoms with Crippen molar-refractivity contribution >= 4 is 38.6 Å². The number of rotatable bonds is 3.